The summed E-state index contributed by atoms with van der Waals surface area (Å²) in [6.45, 7) is 3.78. The van der Waals surface area contributed by atoms with Crippen LogP contribution in [0.15, 0.2) is 116 Å². The number of aryl methyl sites for hydroxylation is 1. The minimum atomic E-state index is -1.09. The van der Waals surface area contributed by atoms with Crippen molar-refractivity contribution in [3.63, 3.8) is 0 Å². The number of aliphatic carboxylic acids is 1. The van der Waals surface area contributed by atoms with Crippen molar-refractivity contribution in [3.8, 4) is 22.5 Å². The van der Waals surface area contributed by atoms with E-state index in [2.05, 4.69) is 42.1 Å². The molecule has 0 bridgehead atoms. The molecule has 1 N–H and O–H groups in total. The van der Waals surface area contributed by atoms with Gasteiger partial charge in [0.1, 0.15) is 5.78 Å². The Balaban J connectivity index is 0.000000208. The van der Waals surface area contributed by atoms with Gasteiger partial charge < -0.3 is 5.11 Å². The van der Waals surface area contributed by atoms with Gasteiger partial charge in [-0.05, 0) is 85.1 Å². The molecule has 0 aliphatic rings. The smallest absolute Gasteiger partial charge is 0.308 e. The average Bonchev–Trinajstić information content (AvgIpc) is 3.11. The highest BCUT2D eigenvalue weighted by atomic mass is 79.9. The number of carbonyl (C=O) groups excluding carboxylic acids is 1. The average molecular weight is 914 g/mol. The van der Waals surface area contributed by atoms with Gasteiger partial charge in [0.15, 0.2) is 0 Å². The monoisotopic (exact) mass is 910 g/mol. The third-order valence-electron chi connectivity index (χ3n) is 8.02. The Kier molecular flexibility index (Phi) is 13.8. The van der Waals surface area contributed by atoms with Crippen LogP contribution in [-0.4, -0.2) is 36.4 Å². The molecule has 6 rings (SSSR count). The predicted octanol–water partition coefficient (Wildman–Crippen LogP) is 9.47. The number of nitrogens with zero attached hydrogens (tertiary/aromatic N) is 4. The van der Waals surface area contributed by atoms with Gasteiger partial charge in [0.2, 0.25) is 0 Å². The van der Waals surface area contributed by atoms with E-state index in [1.807, 2.05) is 73.7 Å². The van der Waals surface area contributed by atoms with E-state index < -0.39 is 11.5 Å². The van der Waals surface area contributed by atoms with Gasteiger partial charge in [-0.1, -0.05) is 109 Å². The van der Waals surface area contributed by atoms with E-state index in [9.17, 15) is 19.2 Å². The standard InChI is InChI=1S/C21H18BrClN2O2.C19H13BrCl2N2O3/c1-13-3-4-16(19(23)9-13)12-25-21(27)17(10-14(2)26)11-20(24-25)15-5-7-18(22)8-6-15;20-14-4-1-11(2-5-14)17-7-13(8-18(25)26)19(27)24(23-17)10-12-3-6-15(21)9-16(12)22/h3-9,11H,10,12H2,1-2H3;1-7,9H,8,10H2,(H,25,26). The molecule has 0 saturated carbocycles. The van der Waals surface area contributed by atoms with Crippen LogP contribution in [0.1, 0.15) is 34.7 Å². The Labute approximate surface area is 342 Å². The molecule has 0 spiro atoms. The first-order chi connectivity index (χ1) is 25.7. The highest BCUT2D eigenvalue weighted by Gasteiger charge is 2.16. The van der Waals surface area contributed by atoms with Crippen molar-refractivity contribution in [1.82, 2.24) is 19.6 Å². The zero-order valence-electron chi connectivity index (χ0n) is 28.8. The van der Waals surface area contributed by atoms with E-state index in [-0.39, 0.29) is 42.8 Å². The Hall–Kier alpha value is -4.39. The van der Waals surface area contributed by atoms with Crippen molar-refractivity contribution in [2.75, 3.05) is 0 Å². The molecule has 276 valence electrons. The Morgan fingerprint density at radius 1 is 0.630 bits per heavy atom. The van der Waals surface area contributed by atoms with E-state index in [4.69, 9.17) is 39.9 Å². The molecule has 2 heterocycles. The summed E-state index contributed by atoms with van der Waals surface area (Å²) in [6, 6.07) is 28.9. The number of hydrogen-bond acceptors (Lipinski definition) is 6. The van der Waals surface area contributed by atoms with E-state index in [1.54, 1.807) is 24.3 Å². The zero-order valence-corrected chi connectivity index (χ0v) is 34.3. The molecule has 0 aliphatic heterocycles. The highest BCUT2D eigenvalue weighted by molar-refractivity contribution is 9.10. The topological polar surface area (TPSA) is 124 Å². The lowest BCUT2D eigenvalue weighted by molar-refractivity contribution is -0.136. The number of carbonyl (C=O) groups is 2. The third kappa shape index (κ3) is 10.9. The van der Waals surface area contributed by atoms with Crippen molar-refractivity contribution in [2.45, 2.75) is 39.8 Å². The molecule has 0 amide bonds. The number of carboxylic acid groups (broad SMARTS) is 1. The van der Waals surface area contributed by atoms with Crippen LogP contribution in [0.25, 0.3) is 22.5 Å². The van der Waals surface area contributed by atoms with Gasteiger partial charge in [0.25, 0.3) is 11.1 Å². The van der Waals surface area contributed by atoms with E-state index in [0.717, 1.165) is 31.2 Å². The maximum Gasteiger partial charge on any atom is 0.308 e. The summed E-state index contributed by atoms with van der Waals surface area (Å²) >= 11 is 25.2. The van der Waals surface area contributed by atoms with Crippen molar-refractivity contribution in [2.24, 2.45) is 0 Å². The fourth-order valence-electron chi connectivity index (χ4n) is 5.37. The first kappa shape index (κ1) is 40.8. The molecule has 0 unspecified atom stereocenters. The van der Waals surface area contributed by atoms with Crippen LogP contribution in [-0.2, 0) is 35.5 Å². The number of halogens is 5. The number of rotatable bonds is 10. The lowest BCUT2D eigenvalue weighted by atomic mass is 10.1. The van der Waals surface area contributed by atoms with Crippen LogP contribution in [0.5, 0.6) is 0 Å². The van der Waals surface area contributed by atoms with Crippen LogP contribution in [0, 0.1) is 6.92 Å². The highest BCUT2D eigenvalue weighted by Crippen LogP contribution is 2.24. The second-order valence-electron chi connectivity index (χ2n) is 12.3. The number of carboxylic acids is 1. The van der Waals surface area contributed by atoms with Crippen molar-refractivity contribution >= 4 is 78.4 Å². The number of hydrogen-bond donors (Lipinski definition) is 1. The van der Waals surface area contributed by atoms with Crippen molar-refractivity contribution in [1.29, 1.82) is 0 Å². The van der Waals surface area contributed by atoms with Gasteiger partial charge in [0.05, 0.1) is 30.9 Å². The van der Waals surface area contributed by atoms with Gasteiger partial charge >= 0.3 is 5.97 Å². The quantitative estimate of drug-likeness (QED) is 0.145. The number of benzene rings is 4. The summed E-state index contributed by atoms with van der Waals surface area (Å²) in [7, 11) is 0. The molecular formula is C40H31Br2Cl3N4O5. The molecule has 0 saturated heterocycles. The van der Waals surface area contributed by atoms with Gasteiger partial charge in [-0.25, -0.2) is 9.36 Å². The van der Waals surface area contributed by atoms with Crippen LogP contribution in [0.2, 0.25) is 15.1 Å². The Bertz CT molecular complexity index is 2300. The van der Waals surface area contributed by atoms with Gasteiger partial charge in [-0.2, -0.15) is 10.2 Å². The molecule has 0 aliphatic carbocycles. The lowest BCUT2D eigenvalue weighted by Gasteiger charge is -2.12. The summed E-state index contributed by atoms with van der Waals surface area (Å²) in [5, 5.41) is 19.5. The van der Waals surface area contributed by atoms with Crippen molar-refractivity contribution in [3.05, 3.63) is 170 Å². The maximum absolute atomic E-state index is 12.8. The fourth-order valence-corrected chi connectivity index (χ4v) is 6.66. The summed E-state index contributed by atoms with van der Waals surface area (Å²) in [4.78, 5) is 48.3. The summed E-state index contributed by atoms with van der Waals surface area (Å²) in [6.07, 6.45) is -0.314. The fraction of sp³-hybridized carbons (Fsp3) is 0.150. The normalized spacial score (nSPS) is 10.8. The Morgan fingerprint density at radius 3 is 1.50 bits per heavy atom. The summed E-state index contributed by atoms with van der Waals surface area (Å²) in [5.41, 5.74) is 5.12. The molecule has 0 radical (unpaired) electrons. The molecule has 0 atom stereocenters. The van der Waals surface area contributed by atoms with E-state index in [1.165, 1.54) is 22.4 Å². The summed E-state index contributed by atoms with van der Waals surface area (Å²) in [5.74, 6) is -1.16. The minimum Gasteiger partial charge on any atom is -0.481 e. The minimum absolute atomic E-state index is 0.0695. The van der Waals surface area contributed by atoms with Gasteiger partial charge in [-0.3, -0.25) is 19.2 Å². The third-order valence-corrected chi connectivity index (χ3v) is 10.0. The van der Waals surface area contributed by atoms with E-state index >= 15 is 0 Å². The van der Waals surface area contributed by atoms with Crippen LogP contribution < -0.4 is 11.1 Å². The van der Waals surface area contributed by atoms with Crippen LogP contribution in [0.3, 0.4) is 0 Å². The molecule has 2 aromatic heterocycles. The molecule has 4 aromatic carbocycles. The summed E-state index contributed by atoms with van der Waals surface area (Å²) < 4.78 is 4.46. The molecular weight excluding hydrogens is 883 g/mol. The number of aromatic nitrogens is 4. The number of ketones is 1. The van der Waals surface area contributed by atoms with Gasteiger partial charge in [-0.15, -0.1) is 0 Å². The molecule has 14 heteroatoms. The predicted molar refractivity (Wildman–Crippen MR) is 220 cm³/mol. The zero-order chi connectivity index (χ0) is 39.1. The van der Waals surface area contributed by atoms with Crippen LogP contribution >= 0.6 is 66.7 Å². The maximum atomic E-state index is 12.8. The molecule has 6 aromatic rings. The Morgan fingerprint density at radius 2 is 1.07 bits per heavy atom. The first-order valence-electron chi connectivity index (χ1n) is 16.3. The van der Waals surface area contributed by atoms with Gasteiger partial charge in [0, 0.05) is 52.7 Å². The van der Waals surface area contributed by atoms with Crippen molar-refractivity contribution < 1.29 is 14.7 Å². The second kappa shape index (κ2) is 18.3. The first-order valence-corrected chi connectivity index (χ1v) is 19.0. The van der Waals surface area contributed by atoms with Crippen LogP contribution in [0.4, 0.5) is 0 Å². The second-order valence-corrected chi connectivity index (χ2v) is 15.4. The molecule has 54 heavy (non-hydrogen) atoms. The molecule has 9 nitrogen and oxygen atoms in total. The SMILES string of the molecule is CC(=O)Cc1cc(-c2ccc(Br)cc2)nn(Cc2ccc(C)cc2Cl)c1=O.O=C(O)Cc1cc(-c2ccc(Br)cc2)nn(Cc2ccc(Cl)cc2Cl)c1=O. The largest absolute Gasteiger partial charge is 0.481 e. The number of Topliss-reactive ketones (excluding diaryl/α,β-unsaturated/α-hetero) is 1. The van der Waals surface area contributed by atoms with E-state index in [0.29, 0.717) is 37.6 Å². The molecule has 0 fully saturated rings. The lowest BCUT2D eigenvalue weighted by Crippen LogP contribution is -2.28.